The SMILES string of the molecule is CC1(C)OB(C(F)=Cc2cc(C(F)(F)F)nn2CCF)OC1(C)C. The highest BCUT2D eigenvalue weighted by Crippen LogP contribution is 2.39. The second kappa shape index (κ2) is 6.14. The summed E-state index contributed by atoms with van der Waals surface area (Å²) in [6.45, 7) is 5.52. The summed E-state index contributed by atoms with van der Waals surface area (Å²) in [6.07, 6.45) is -3.88. The van der Waals surface area contributed by atoms with Gasteiger partial charge in [-0.25, -0.2) is 8.78 Å². The fourth-order valence-electron chi connectivity index (χ4n) is 2.11. The van der Waals surface area contributed by atoms with Crippen molar-refractivity contribution in [1.29, 1.82) is 0 Å². The standard InChI is InChI=1S/C14H18BF5N2O2/c1-12(2)13(3,4)24-15(23-12)11(17)8-9-7-10(14(18,19)20)21-22(9)6-5-16/h7-8H,5-6H2,1-4H3. The molecule has 0 aromatic carbocycles. The Labute approximate surface area is 136 Å². The van der Waals surface area contributed by atoms with Crippen molar-refractivity contribution in [1.82, 2.24) is 9.78 Å². The predicted molar refractivity (Wildman–Crippen MR) is 78.4 cm³/mol. The van der Waals surface area contributed by atoms with E-state index in [1.54, 1.807) is 27.7 Å². The molecule has 0 atom stereocenters. The maximum absolute atomic E-state index is 14.4. The Morgan fingerprint density at radius 2 is 1.79 bits per heavy atom. The van der Waals surface area contributed by atoms with Crippen molar-refractivity contribution >= 4 is 13.2 Å². The van der Waals surface area contributed by atoms with Crippen LogP contribution in [0.15, 0.2) is 11.8 Å². The van der Waals surface area contributed by atoms with Crippen molar-refractivity contribution in [3.05, 3.63) is 23.2 Å². The van der Waals surface area contributed by atoms with Crippen LogP contribution in [0.4, 0.5) is 22.0 Å². The minimum Gasteiger partial charge on any atom is -0.398 e. The van der Waals surface area contributed by atoms with Crippen molar-refractivity contribution in [3.63, 3.8) is 0 Å². The van der Waals surface area contributed by atoms with E-state index in [-0.39, 0.29) is 5.69 Å². The summed E-state index contributed by atoms with van der Waals surface area (Å²) >= 11 is 0. The van der Waals surface area contributed by atoms with Crippen LogP contribution in [0.5, 0.6) is 0 Å². The van der Waals surface area contributed by atoms with Crippen LogP contribution < -0.4 is 0 Å². The normalized spacial score (nSPS) is 20.7. The third-order valence-corrected chi connectivity index (χ3v) is 4.16. The van der Waals surface area contributed by atoms with Gasteiger partial charge in [0.25, 0.3) is 0 Å². The second-order valence-corrected chi connectivity index (χ2v) is 6.48. The number of aromatic nitrogens is 2. The molecule has 10 heteroatoms. The average molecular weight is 352 g/mol. The maximum atomic E-state index is 14.4. The largest absolute Gasteiger partial charge is 0.525 e. The molecule has 1 saturated heterocycles. The third kappa shape index (κ3) is 3.64. The third-order valence-electron chi connectivity index (χ3n) is 4.16. The molecule has 0 radical (unpaired) electrons. The minimum atomic E-state index is -4.70. The molecule has 0 spiro atoms. The first-order valence-electron chi connectivity index (χ1n) is 7.31. The molecule has 24 heavy (non-hydrogen) atoms. The lowest BCUT2D eigenvalue weighted by molar-refractivity contribution is -0.141. The second-order valence-electron chi connectivity index (χ2n) is 6.48. The van der Waals surface area contributed by atoms with E-state index >= 15 is 0 Å². The van der Waals surface area contributed by atoms with Gasteiger partial charge in [0.1, 0.15) is 12.4 Å². The molecule has 0 saturated carbocycles. The zero-order valence-electron chi connectivity index (χ0n) is 13.7. The molecule has 0 unspecified atom stereocenters. The van der Waals surface area contributed by atoms with Crippen LogP contribution in [0.25, 0.3) is 6.08 Å². The van der Waals surface area contributed by atoms with E-state index in [0.29, 0.717) is 6.07 Å². The van der Waals surface area contributed by atoms with E-state index in [0.717, 1.165) is 10.8 Å². The molecule has 1 fully saturated rings. The van der Waals surface area contributed by atoms with Gasteiger partial charge >= 0.3 is 13.3 Å². The van der Waals surface area contributed by atoms with Crippen molar-refractivity contribution < 1.29 is 31.3 Å². The summed E-state index contributed by atoms with van der Waals surface area (Å²) in [5.74, 6) is 0. The molecule has 2 rings (SSSR count). The molecule has 1 aliphatic heterocycles. The first-order chi connectivity index (χ1) is 10.9. The zero-order chi connectivity index (χ0) is 18.3. The highest BCUT2D eigenvalue weighted by Gasteiger charge is 2.53. The summed E-state index contributed by atoms with van der Waals surface area (Å²) in [5, 5.41) is 3.27. The van der Waals surface area contributed by atoms with Gasteiger partial charge in [0.2, 0.25) is 0 Å². The lowest BCUT2D eigenvalue weighted by atomic mass is 9.87. The van der Waals surface area contributed by atoms with Crippen LogP contribution in [0.2, 0.25) is 0 Å². The van der Waals surface area contributed by atoms with Gasteiger partial charge in [-0.3, -0.25) is 4.68 Å². The lowest BCUT2D eigenvalue weighted by Crippen LogP contribution is -2.41. The van der Waals surface area contributed by atoms with E-state index in [1.165, 1.54) is 0 Å². The predicted octanol–water partition coefficient (Wildman–Crippen LogP) is 3.81. The lowest BCUT2D eigenvalue weighted by Gasteiger charge is -2.32. The topological polar surface area (TPSA) is 36.3 Å². The fourth-order valence-corrected chi connectivity index (χ4v) is 2.11. The summed E-state index contributed by atoms with van der Waals surface area (Å²) in [7, 11) is -1.35. The average Bonchev–Trinajstić information content (AvgIpc) is 2.89. The first kappa shape index (κ1) is 18.9. The Morgan fingerprint density at radius 3 is 2.25 bits per heavy atom. The van der Waals surface area contributed by atoms with E-state index in [9.17, 15) is 22.0 Å². The van der Waals surface area contributed by atoms with E-state index < -0.39 is 49.1 Å². The Balaban J connectivity index is 2.32. The van der Waals surface area contributed by atoms with Gasteiger partial charge in [-0.05, 0) is 39.8 Å². The number of alkyl halides is 4. The highest BCUT2D eigenvalue weighted by atomic mass is 19.4. The Kier molecular flexibility index (Phi) is 4.84. The van der Waals surface area contributed by atoms with Crippen LogP contribution in [0.1, 0.15) is 39.1 Å². The van der Waals surface area contributed by atoms with Gasteiger partial charge in [0, 0.05) is 0 Å². The first-order valence-corrected chi connectivity index (χ1v) is 7.31. The Hall–Kier alpha value is -1.42. The van der Waals surface area contributed by atoms with Crippen molar-refractivity contribution in [3.8, 4) is 0 Å². The molecule has 4 nitrogen and oxygen atoms in total. The Morgan fingerprint density at radius 1 is 1.25 bits per heavy atom. The van der Waals surface area contributed by atoms with Gasteiger partial charge in [-0.2, -0.15) is 18.3 Å². The molecule has 0 amide bonds. The van der Waals surface area contributed by atoms with Crippen LogP contribution in [-0.2, 0) is 22.0 Å². The van der Waals surface area contributed by atoms with Crippen LogP contribution in [-0.4, -0.2) is 34.8 Å². The maximum Gasteiger partial charge on any atom is 0.525 e. The molecular weight excluding hydrogens is 334 g/mol. The van der Waals surface area contributed by atoms with Crippen molar-refractivity contribution in [2.24, 2.45) is 0 Å². The van der Waals surface area contributed by atoms with Crippen molar-refractivity contribution in [2.45, 2.75) is 51.6 Å². The molecule has 0 aliphatic carbocycles. The Bertz CT molecular complexity index is 624. The van der Waals surface area contributed by atoms with Crippen LogP contribution >= 0.6 is 0 Å². The van der Waals surface area contributed by atoms with E-state index in [1.807, 2.05) is 0 Å². The molecule has 2 heterocycles. The molecule has 134 valence electrons. The molecule has 1 aromatic rings. The van der Waals surface area contributed by atoms with Gasteiger partial charge in [0.15, 0.2) is 5.69 Å². The van der Waals surface area contributed by atoms with Gasteiger partial charge < -0.3 is 9.31 Å². The van der Waals surface area contributed by atoms with Crippen LogP contribution in [0.3, 0.4) is 0 Å². The number of hydrogen-bond acceptors (Lipinski definition) is 3. The summed E-state index contributed by atoms with van der Waals surface area (Å²) in [5.41, 5.74) is -3.93. The molecule has 1 aromatic heterocycles. The number of halogens is 5. The van der Waals surface area contributed by atoms with Crippen molar-refractivity contribution in [2.75, 3.05) is 6.67 Å². The van der Waals surface area contributed by atoms with Gasteiger partial charge in [0.05, 0.1) is 23.4 Å². The number of hydrogen-bond donors (Lipinski definition) is 0. The molecule has 1 aliphatic rings. The van der Waals surface area contributed by atoms with E-state index in [4.69, 9.17) is 9.31 Å². The number of aryl methyl sites for hydroxylation is 1. The summed E-state index contributed by atoms with van der Waals surface area (Å²) in [6, 6.07) is 0.653. The quantitative estimate of drug-likeness (QED) is 0.611. The molecule has 0 bridgehead atoms. The minimum absolute atomic E-state index is 0.216. The number of rotatable bonds is 4. The summed E-state index contributed by atoms with van der Waals surface area (Å²) in [4.78, 5) is 0. The summed E-state index contributed by atoms with van der Waals surface area (Å²) < 4.78 is 76.8. The van der Waals surface area contributed by atoms with Gasteiger partial charge in [-0.1, -0.05) is 0 Å². The monoisotopic (exact) mass is 352 g/mol. The number of nitrogens with zero attached hydrogens (tertiary/aromatic N) is 2. The molecule has 0 N–H and O–H groups in total. The van der Waals surface area contributed by atoms with E-state index in [2.05, 4.69) is 5.10 Å². The van der Waals surface area contributed by atoms with Crippen LogP contribution in [0, 0.1) is 0 Å². The van der Waals surface area contributed by atoms with Gasteiger partial charge in [-0.15, -0.1) is 0 Å². The smallest absolute Gasteiger partial charge is 0.398 e. The molecular formula is C14H18BF5N2O2. The fraction of sp³-hybridized carbons (Fsp3) is 0.643. The highest BCUT2D eigenvalue weighted by molar-refractivity contribution is 6.54. The zero-order valence-corrected chi connectivity index (χ0v) is 13.7.